The third-order valence-electron chi connectivity index (χ3n) is 4.76. The largest absolute Gasteiger partial charge is 0.467 e. The van der Waals surface area contributed by atoms with Gasteiger partial charge in [-0.15, -0.1) is 11.6 Å². The van der Waals surface area contributed by atoms with Gasteiger partial charge in [-0.3, -0.25) is 4.79 Å². The molecule has 0 bridgehead atoms. The number of amides is 1. The Morgan fingerprint density at radius 1 is 1.30 bits per heavy atom. The van der Waals surface area contributed by atoms with Gasteiger partial charge in [0.15, 0.2) is 5.54 Å². The molecular weight excluding hydrogens is 316 g/mol. The average molecular weight is 335 g/mol. The first-order valence-corrected chi connectivity index (χ1v) is 8.12. The summed E-state index contributed by atoms with van der Waals surface area (Å²) in [6.45, 7) is 1.69. The van der Waals surface area contributed by atoms with E-state index in [4.69, 9.17) is 16.3 Å². The zero-order chi connectivity index (χ0) is 16.7. The number of hydrogen-bond acceptors (Lipinski definition) is 4. The number of ether oxygens (including phenoxy) is 1. The Kier molecular flexibility index (Phi) is 3.92. The summed E-state index contributed by atoms with van der Waals surface area (Å²) in [5, 5.41) is 5.78. The summed E-state index contributed by atoms with van der Waals surface area (Å²) < 4.78 is 4.93. The second kappa shape index (κ2) is 5.64. The van der Waals surface area contributed by atoms with Crippen molar-refractivity contribution < 1.29 is 14.3 Å². The van der Waals surface area contributed by atoms with Gasteiger partial charge in [0.2, 0.25) is 0 Å². The van der Waals surface area contributed by atoms with Crippen LogP contribution in [0.2, 0.25) is 0 Å². The minimum absolute atomic E-state index is 0.164. The molecule has 1 saturated carbocycles. The molecule has 0 spiro atoms. The Hall–Kier alpha value is -1.88. The van der Waals surface area contributed by atoms with Crippen LogP contribution in [0, 0.1) is 5.41 Å². The fraction of sp³-hybridized carbons (Fsp3) is 0.471. The minimum atomic E-state index is -1.13. The monoisotopic (exact) mass is 334 g/mol. The van der Waals surface area contributed by atoms with E-state index in [0.717, 1.165) is 18.6 Å². The zero-order valence-corrected chi connectivity index (χ0v) is 14.0. The van der Waals surface area contributed by atoms with Crippen LogP contribution in [0.4, 0.5) is 0 Å². The number of carbonyl (C=O) groups excluding carboxylic acids is 2. The van der Waals surface area contributed by atoms with E-state index in [1.54, 1.807) is 31.2 Å². The van der Waals surface area contributed by atoms with E-state index in [0.29, 0.717) is 17.9 Å². The topological polar surface area (TPSA) is 59.0 Å². The van der Waals surface area contributed by atoms with Crippen LogP contribution in [0.1, 0.15) is 36.5 Å². The zero-order valence-electron chi connectivity index (χ0n) is 13.2. The Morgan fingerprint density at radius 2 is 1.96 bits per heavy atom. The summed E-state index contributed by atoms with van der Waals surface area (Å²) in [5.74, 6) is -0.319. The highest BCUT2D eigenvalue weighted by Crippen LogP contribution is 2.52. The van der Waals surface area contributed by atoms with Gasteiger partial charge in [0, 0.05) is 29.0 Å². The van der Waals surface area contributed by atoms with Crippen LogP contribution in [-0.2, 0) is 9.53 Å². The van der Waals surface area contributed by atoms with E-state index in [1.807, 2.05) is 6.07 Å². The second-order valence-electron chi connectivity index (χ2n) is 6.39. The van der Waals surface area contributed by atoms with Gasteiger partial charge in [-0.25, -0.2) is 9.80 Å². The summed E-state index contributed by atoms with van der Waals surface area (Å²) in [4.78, 5) is 25.2. The third-order valence-corrected chi connectivity index (χ3v) is 5.27. The summed E-state index contributed by atoms with van der Waals surface area (Å²) in [6.07, 6.45) is 2.25. The number of rotatable bonds is 4. The maximum Gasteiger partial charge on any atom is 0.334 e. The number of benzene rings is 1. The van der Waals surface area contributed by atoms with Crippen molar-refractivity contribution in [2.24, 2.45) is 10.5 Å². The van der Waals surface area contributed by atoms with Crippen LogP contribution >= 0.6 is 11.6 Å². The van der Waals surface area contributed by atoms with E-state index in [1.165, 1.54) is 12.1 Å². The fourth-order valence-electron chi connectivity index (χ4n) is 2.96. The van der Waals surface area contributed by atoms with Gasteiger partial charge in [-0.05, 0) is 31.9 Å². The molecular formula is C17H19ClN2O3. The normalized spacial score (nSPS) is 25.0. The maximum atomic E-state index is 12.8. The van der Waals surface area contributed by atoms with Crippen molar-refractivity contribution in [2.45, 2.75) is 31.7 Å². The molecule has 1 atom stereocenters. The molecule has 23 heavy (non-hydrogen) atoms. The third kappa shape index (κ3) is 2.53. The van der Waals surface area contributed by atoms with E-state index in [-0.39, 0.29) is 11.3 Å². The molecule has 5 nitrogen and oxygen atoms in total. The van der Waals surface area contributed by atoms with E-state index >= 15 is 0 Å². The molecule has 3 rings (SSSR count). The van der Waals surface area contributed by atoms with Gasteiger partial charge in [0.05, 0.1) is 7.11 Å². The SMILES string of the molecule is COC(=O)C1(C)CC(C2(CCl)CC2)=NN1C(=O)c1ccccc1. The number of methoxy groups -OCH3 is 1. The smallest absolute Gasteiger partial charge is 0.334 e. The molecule has 1 amide bonds. The highest BCUT2D eigenvalue weighted by Gasteiger charge is 2.57. The van der Waals surface area contributed by atoms with Gasteiger partial charge < -0.3 is 4.74 Å². The molecule has 0 radical (unpaired) electrons. The highest BCUT2D eigenvalue weighted by molar-refractivity contribution is 6.21. The molecule has 1 aliphatic heterocycles. The molecule has 1 fully saturated rings. The lowest BCUT2D eigenvalue weighted by atomic mass is 9.89. The van der Waals surface area contributed by atoms with Crippen LogP contribution in [0.5, 0.6) is 0 Å². The molecule has 0 N–H and O–H groups in total. The molecule has 1 aromatic rings. The standard InChI is InChI=1S/C17H19ClN2O3/c1-16(15(22)23-2)10-13(17(11-18)8-9-17)19-20(16)14(21)12-6-4-3-5-7-12/h3-7H,8-11H2,1-2H3. The second-order valence-corrected chi connectivity index (χ2v) is 6.65. The van der Waals surface area contributed by atoms with Crippen LogP contribution in [0.15, 0.2) is 35.4 Å². The average Bonchev–Trinajstić information content (AvgIpc) is 3.31. The van der Waals surface area contributed by atoms with Gasteiger partial charge in [0.1, 0.15) is 0 Å². The Balaban J connectivity index is 1.99. The lowest BCUT2D eigenvalue weighted by Crippen LogP contribution is -2.50. The van der Waals surface area contributed by atoms with Gasteiger partial charge in [-0.1, -0.05) is 18.2 Å². The van der Waals surface area contributed by atoms with Gasteiger partial charge in [-0.2, -0.15) is 5.10 Å². The first-order chi connectivity index (χ1) is 11.0. The predicted octanol–water partition coefficient (Wildman–Crippen LogP) is 2.84. The van der Waals surface area contributed by atoms with Crippen molar-refractivity contribution in [3.8, 4) is 0 Å². The van der Waals surface area contributed by atoms with E-state index < -0.39 is 11.5 Å². The molecule has 1 aromatic carbocycles. The Labute approximate surface area is 140 Å². The van der Waals surface area contributed by atoms with Crippen molar-refractivity contribution >= 4 is 29.2 Å². The molecule has 1 heterocycles. The number of halogens is 1. The molecule has 1 unspecified atom stereocenters. The molecule has 1 aliphatic carbocycles. The molecule has 2 aliphatic rings. The molecule has 122 valence electrons. The number of alkyl halides is 1. The molecule has 0 saturated heterocycles. The maximum absolute atomic E-state index is 12.8. The van der Waals surface area contributed by atoms with Crippen LogP contribution < -0.4 is 0 Å². The van der Waals surface area contributed by atoms with Crippen LogP contribution in [0.3, 0.4) is 0 Å². The first-order valence-electron chi connectivity index (χ1n) is 7.59. The lowest BCUT2D eigenvalue weighted by molar-refractivity contribution is -0.151. The van der Waals surface area contributed by atoms with Crippen molar-refractivity contribution in [3.05, 3.63) is 35.9 Å². The van der Waals surface area contributed by atoms with Crippen molar-refractivity contribution in [1.29, 1.82) is 0 Å². The predicted molar refractivity (Wildman–Crippen MR) is 87.5 cm³/mol. The Morgan fingerprint density at radius 3 is 2.48 bits per heavy atom. The first kappa shape index (κ1) is 16.0. The number of carbonyl (C=O) groups is 2. The van der Waals surface area contributed by atoms with Crippen LogP contribution in [0.25, 0.3) is 0 Å². The van der Waals surface area contributed by atoms with Gasteiger partial charge >= 0.3 is 5.97 Å². The van der Waals surface area contributed by atoms with Crippen molar-refractivity contribution in [2.75, 3.05) is 13.0 Å². The lowest BCUT2D eigenvalue weighted by Gasteiger charge is -2.29. The van der Waals surface area contributed by atoms with Crippen molar-refractivity contribution in [3.63, 3.8) is 0 Å². The Bertz CT molecular complexity index is 670. The number of nitrogens with zero attached hydrogens (tertiary/aromatic N) is 2. The number of hydrogen-bond donors (Lipinski definition) is 0. The van der Waals surface area contributed by atoms with Gasteiger partial charge in [0.25, 0.3) is 5.91 Å². The molecule has 6 heteroatoms. The van der Waals surface area contributed by atoms with Crippen LogP contribution in [-0.4, -0.2) is 41.1 Å². The summed E-state index contributed by atoms with van der Waals surface area (Å²) in [6, 6.07) is 8.82. The van der Waals surface area contributed by atoms with E-state index in [9.17, 15) is 9.59 Å². The fourth-order valence-corrected chi connectivity index (χ4v) is 3.38. The minimum Gasteiger partial charge on any atom is -0.467 e. The van der Waals surface area contributed by atoms with E-state index in [2.05, 4.69) is 5.10 Å². The number of esters is 1. The summed E-state index contributed by atoms with van der Waals surface area (Å²) in [5.41, 5.74) is 0.0225. The number of hydrazone groups is 1. The summed E-state index contributed by atoms with van der Waals surface area (Å²) >= 11 is 6.09. The highest BCUT2D eigenvalue weighted by atomic mass is 35.5. The van der Waals surface area contributed by atoms with Crippen molar-refractivity contribution in [1.82, 2.24) is 5.01 Å². The quantitative estimate of drug-likeness (QED) is 0.628. The summed E-state index contributed by atoms with van der Waals surface area (Å²) in [7, 11) is 1.32. The molecule has 0 aromatic heterocycles.